The first-order valence-electron chi connectivity index (χ1n) is 11.1. The van der Waals surface area contributed by atoms with Crippen LogP contribution < -0.4 is 10.6 Å². The molecule has 2 aromatic carbocycles. The smallest absolute Gasteiger partial charge is 0.289 e. The zero-order valence-electron chi connectivity index (χ0n) is 18.1. The van der Waals surface area contributed by atoms with E-state index in [9.17, 15) is 23.6 Å². The van der Waals surface area contributed by atoms with Crippen molar-refractivity contribution in [1.82, 2.24) is 15.5 Å². The Bertz CT molecular complexity index is 1050. The van der Waals surface area contributed by atoms with Crippen molar-refractivity contribution >= 4 is 23.5 Å². The van der Waals surface area contributed by atoms with Crippen molar-refractivity contribution in [3.63, 3.8) is 0 Å². The maximum Gasteiger partial charge on any atom is 0.289 e. The highest BCUT2D eigenvalue weighted by Gasteiger charge is 2.39. The van der Waals surface area contributed by atoms with Crippen molar-refractivity contribution in [2.45, 2.75) is 56.8 Å². The lowest BCUT2D eigenvalue weighted by Gasteiger charge is -2.26. The minimum atomic E-state index is -1.07. The highest BCUT2D eigenvalue weighted by molar-refractivity contribution is 6.38. The monoisotopic (exact) mass is 451 g/mol. The molecular formula is C25H26FN3O4. The maximum atomic E-state index is 14.1. The molecule has 8 heteroatoms. The fourth-order valence-electron chi connectivity index (χ4n) is 3.98. The van der Waals surface area contributed by atoms with E-state index in [1.165, 1.54) is 11.0 Å². The van der Waals surface area contributed by atoms with Gasteiger partial charge in [-0.15, -0.1) is 0 Å². The summed E-state index contributed by atoms with van der Waals surface area (Å²) in [6, 6.07) is 13.3. The number of nitrogens with one attached hydrogen (secondary N) is 2. The van der Waals surface area contributed by atoms with E-state index in [1.807, 2.05) is 30.3 Å². The number of amides is 3. The molecule has 33 heavy (non-hydrogen) atoms. The molecule has 1 aliphatic heterocycles. The number of hydrogen-bond donors (Lipinski definition) is 2. The number of carbonyl (C=O) groups is 4. The third-order valence-corrected chi connectivity index (χ3v) is 5.98. The Hall–Kier alpha value is -3.55. The zero-order chi connectivity index (χ0) is 23.4. The second-order valence-corrected chi connectivity index (χ2v) is 8.53. The van der Waals surface area contributed by atoms with E-state index >= 15 is 0 Å². The van der Waals surface area contributed by atoms with Crippen LogP contribution in [0.15, 0.2) is 54.6 Å². The standard InChI is InChI=1S/C25H26FN3O4/c26-19-9-5-4-8-17(19)15-29-21(12-13-22(29)30)24(32)28-20(14-16-6-2-1-3-7-16)23(31)25(33)27-18-10-11-18/h1-9,18,20-21H,10-15H2,(H,27,33)(H,28,32)/t20?,21-/m0/s1. The number of rotatable bonds is 9. The molecule has 2 fully saturated rings. The summed E-state index contributed by atoms with van der Waals surface area (Å²) in [5, 5.41) is 5.37. The molecule has 1 heterocycles. The number of ketones is 1. The highest BCUT2D eigenvalue weighted by atomic mass is 19.1. The average Bonchev–Trinajstić information content (AvgIpc) is 3.55. The summed E-state index contributed by atoms with van der Waals surface area (Å²) < 4.78 is 14.1. The molecule has 1 unspecified atom stereocenters. The molecule has 7 nitrogen and oxygen atoms in total. The van der Waals surface area contributed by atoms with Gasteiger partial charge in [-0.1, -0.05) is 48.5 Å². The minimum absolute atomic E-state index is 0.0123. The Morgan fingerprint density at radius 1 is 1.00 bits per heavy atom. The second kappa shape index (κ2) is 9.94. The molecule has 0 radical (unpaired) electrons. The predicted molar refractivity (Wildman–Crippen MR) is 118 cm³/mol. The van der Waals surface area contributed by atoms with Crippen LogP contribution in [0.1, 0.15) is 36.8 Å². The van der Waals surface area contributed by atoms with Crippen LogP contribution in [0.25, 0.3) is 0 Å². The van der Waals surface area contributed by atoms with E-state index in [0.717, 1.165) is 18.4 Å². The molecule has 2 N–H and O–H groups in total. The Morgan fingerprint density at radius 2 is 1.70 bits per heavy atom. The van der Waals surface area contributed by atoms with E-state index in [-0.39, 0.29) is 37.8 Å². The van der Waals surface area contributed by atoms with E-state index in [1.54, 1.807) is 18.2 Å². The number of hydrogen-bond acceptors (Lipinski definition) is 4. The van der Waals surface area contributed by atoms with Gasteiger partial charge in [0, 0.05) is 31.0 Å². The molecule has 2 atom stereocenters. The molecule has 4 rings (SSSR count). The van der Waals surface area contributed by atoms with Crippen molar-refractivity contribution in [3.8, 4) is 0 Å². The lowest BCUT2D eigenvalue weighted by Crippen LogP contribution is -2.53. The Morgan fingerprint density at radius 3 is 2.39 bits per heavy atom. The van der Waals surface area contributed by atoms with Crippen molar-refractivity contribution in [2.75, 3.05) is 0 Å². The van der Waals surface area contributed by atoms with Crippen LogP contribution in [-0.2, 0) is 32.1 Å². The molecule has 1 saturated heterocycles. The zero-order valence-corrected chi connectivity index (χ0v) is 18.1. The quantitative estimate of drug-likeness (QED) is 0.569. The fourth-order valence-corrected chi connectivity index (χ4v) is 3.98. The van der Waals surface area contributed by atoms with Crippen LogP contribution in [-0.4, -0.2) is 46.5 Å². The van der Waals surface area contributed by atoms with Gasteiger partial charge in [0.1, 0.15) is 17.9 Å². The van der Waals surface area contributed by atoms with Gasteiger partial charge in [-0.05, 0) is 30.9 Å². The molecule has 172 valence electrons. The topological polar surface area (TPSA) is 95.6 Å². The van der Waals surface area contributed by atoms with Gasteiger partial charge in [-0.3, -0.25) is 19.2 Å². The summed E-state index contributed by atoms with van der Waals surface area (Å²) in [5.74, 6) is -2.67. The van der Waals surface area contributed by atoms with E-state index in [4.69, 9.17) is 0 Å². The van der Waals surface area contributed by atoms with E-state index in [0.29, 0.717) is 5.56 Å². The number of halogens is 1. The van der Waals surface area contributed by atoms with Gasteiger partial charge < -0.3 is 15.5 Å². The number of carbonyl (C=O) groups excluding carboxylic acids is 4. The molecule has 0 bridgehead atoms. The predicted octanol–water partition coefficient (Wildman–Crippen LogP) is 1.89. The lowest BCUT2D eigenvalue weighted by molar-refractivity contribution is -0.141. The number of benzene rings is 2. The molecule has 1 saturated carbocycles. The molecule has 3 amide bonds. The normalized spacial score (nSPS) is 18.6. The summed E-state index contributed by atoms with van der Waals surface area (Å²) in [6.45, 7) is -0.0386. The van der Waals surface area contributed by atoms with Gasteiger partial charge in [0.05, 0.1) is 0 Å². The minimum Gasteiger partial charge on any atom is -0.347 e. The van der Waals surface area contributed by atoms with Gasteiger partial charge in [-0.25, -0.2) is 4.39 Å². The van der Waals surface area contributed by atoms with Crippen molar-refractivity contribution in [2.24, 2.45) is 0 Å². The summed E-state index contributed by atoms with van der Waals surface area (Å²) in [4.78, 5) is 52.2. The van der Waals surface area contributed by atoms with Crippen molar-refractivity contribution in [3.05, 3.63) is 71.5 Å². The Kier molecular flexibility index (Phi) is 6.82. The molecule has 0 spiro atoms. The molecule has 2 aliphatic rings. The maximum absolute atomic E-state index is 14.1. The summed E-state index contributed by atoms with van der Waals surface area (Å²) in [5.41, 5.74) is 1.10. The molecular weight excluding hydrogens is 425 g/mol. The Labute approximate surface area is 191 Å². The largest absolute Gasteiger partial charge is 0.347 e. The highest BCUT2D eigenvalue weighted by Crippen LogP contribution is 2.23. The second-order valence-electron chi connectivity index (χ2n) is 8.53. The summed E-state index contributed by atoms with van der Waals surface area (Å²) in [6.07, 6.45) is 2.25. The summed E-state index contributed by atoms with van der Waals surface area (Å²) in [7, 11) is 0. The Balaban J connectivity index is 1.49. The number of Topliss-reactive ketones (excluding diaryl/α,β-unsaturated/α-hetero) is 1. The first-order chi connectivity index (χ1) is 15.9. The van der Waals surface area contributed by atoms with Gasteiger partial charge >= 0.3 is 0 Å². The number of likely N-dealkylation sites (tertiary alicyclic amines) is 1. The SMILES string of the molecule is O=C(NC1CC1)C(=O)C(Cc1ccccc1)NC(=O)[C@@H]1CCC(=O)N1Cc1ccccc1F. The molecule has 1 aliphatic carbocycles. The summed E-state index contributed by atoms with van der Waals surface area (Å²) >= 11 is 0. The first-order valence-corrected chi connectivity index (χ1v) is 11.1. The third-order valence-electron chi connectivity index (χ3n) is 5.98. The molecule has 0 aromatic heterocycles. The van der Waals surface area contributed by atoms with Crippen LogP contribution in [0.2, 0.25) is 0 Å². The fraction of sp³-hybridized carbons (Fsp3) is 0.360. The van der Waals surface area contributed by atoms with Crippen molar-refractivity contribution in [1.29, 1.82) is 0 Å². The average molecular weight is 451 g/mol. The first kappa shape index (κ1) is 22.6. The van der Waals surface area contributed by atoms with Gasteiger partial charge in [0.2, 0.25) is 17.6 Å². The van der Waals surface area contributed by atoms with E-state index < -0.39 is 35.5 Å². The van der Waals surface area contributed by atoms with Crippen LogP contribution in [0.5, 0.6) is 0 Å². The molecule has 2 aromatic rings. The number of nitrogens with zero attached hydrogens (tertiary/aromatic N) is 1. The van der Waals surface area contributed by atoms with Gasteiger partial charge in [0.15, 0.2) is 0 Å². The van der Waals surface area contributed by atoms with Gasteiger partial charge in [0.25, 0.3) is 5.91 Å². The van der Waals surface area contributed by atoms with Crippen LogP contribution in [0.3, 0.4) is 0 Å². The van der Waals surface area contributed by atoms with Crippen molar-refractivity contribution < 1.29 is 23.6 Å². The van der Waals surface area contributed by atoms with Crippen LogP contribution in [0.4, 0.5) is 4.39 Å². The van der Waals surface area contributed by atoms with Crippen LogP contribution >= 0.6 is 0 Å². The van der Waals surface area contributed by atoms with Crippen LogP contribution in [0, 0.1) is 5.82 Å². The van der Waals surface area contributed by atoms with E-state index in [2.05, 4.69) is 10.6 Å². The lowest BCUT2D eigenvalue weighted by atomic mass is 10.0. The van der Waals surface area contributed by atoms with Gasteiger partial charge in [-0.2, -0.15) is 0 Å². The third kappa shape index (κ3) is 5.63.